The minimum atomic E-state index is -0.447. The van der Waals surface area contributed by atoms with Crippen LogP contribution in [0, 0.1) is 0 Å². The lowest BCUT2D eigenvalue weighted by molar-refractivity contribution is 0.0948. The van der Waals surface area contributed by atoms with Crippen LogP contribution >= 0.6 is 0 Å². The first kappa shape index (κ1) is 15.0. The molecule has 21 heavy (non-hydrogen) atoms. The van der Waals surface area contributed by atoms with Gasteiger partial charge in [-0.1, -0.05) is 24.3 Å². The number of para-hydroxylation sites is 1. The first-order valence-electron chi connectivity index (χ1n) is 6.53. The fraction of sp³-hybridized carbons (Fsp3) is 0.200. The van der Waals surface area contributed by atoms with Crippen LogP contribution in [0.15, 0.2) is 42.5 Å². The van der Waals surface area contributed by atoms with Gasteiger partial charge in [0.15, 0.2) is 0 Å². The van der Waals surface area contributed by atoms with Gasteiger partial charge in [0.25, 0.3) is 5.91 Å². The fourth-order valence-electron chi connectivity index (χ4n) is 1.88. The van der Waals surface area contributed by atoms with E-state index in [1.54, 1.807) is 18.2 Å². The number of ether oxygens (including phenoxy) is 1. The Hall–Kier alpha value is -2.44. The molecule has 0 aliphatic rings. The Bertz CT molecular complexity index is 617. The number of pyridine rings is 1. The van der Waals surface area contributed by atoms with E-state index in [2.05, 4.69) is 4.98 Å². The SMILES string of the molecule is NNC(=O)c1cccc(COc2ccccc2CCO)n1. The average molecular weight is 287 g/mol. The fourth-order valence-corrected chi connectivity index (χ4v) is 1.88. The summed E-state index contributed by atoms with van der Waals surface area (Å²) in [5, 5.41) is 9.03. The van der Waals surface area contributed by atoms with E-state index < -0.39 is 5.91 Å². The molecule has 0 spiro atoms. The molecule has 0 aliphatic carbocycles. The zero-order chi connectivity index (χ0) is 15.1. The van der Waals surface area contributed by atoms with Gasteiger partial charge in [0.1, 0.15) is 18.1 Å². The summed E-state index contributed by atoms with van der Waals surface area (Å²) in [4.78, 5) is 15.6. The third-order valence-electron chi connectivity index (χ3n) is 2.90. The maximum Gasteiger partial charge on any atom is 0.283 e. The second-order valence-electron chi connectivity index (χ2n) is 4.36. The van der Waals surface area contributed by atoms with E-state index in [9.17, 15) is 4.79 Å². The number of nitrogens with two attached hydrogens (primary N) is 1. The van der Waals surface area contributed by atoms with Gasteiger partial charge in [-0.2, -0.15) is 0 Å². The van der Waals surface area contributed by atoms with Crippen LogP contribution in [0.1, 0.15) is 21.7 Å². The molecule has 1 heterocycles. The molecule has 0 bridgehead atoms. The Morgan fingerprint density at radius 2 is 2.05 bits per heavy atom. The normalized spacial score (nSPS) is 10.2. The van der Waals surface area contributed by atoms with E-state index in [0.717, 1.165) is 5.56 Å². The first-order chi connectivity index (χ1) is 10.2. The minimum absolute atomic E-state index is 0.0603. The highest BCUT2D eigenvalue weighted by Gasteiger charge is 2.07. The number of amides is 1. The van der Waals surface area contributed by atoms with Crippen LogP contribution in [0.3, 0.4) is 0 Å². The van der Waals surface area contributed by atoms with Gasteiger partial charge >= 0.3 is 0 Å². The second kappa shape index (κ2) is 7.37. The van der Waals surface area contributed by atoms with Crippen LogP contribution in [0.25, 0.3) is 0 Å². The van der Waals surface area contributed by atoms with E-state index in [0.29, 0.717) is 17.9 Å². The summed E-state index contributed by atoms with van der Waals surface area (Å²) < 4.78 is 5.71. The van der Waals surface area contributed by atoms with E-state index >= 15 is 0 Å². The Labute approximate surface area is 122 Å². The topological polar surface area (TPSA) is 97.5 Å². The quantitative estimate of drug-likeness (QED) is 0.415. The molecule has 6 heteroatoms. The van der Waals surface area contributed by atoms with Gasteiger partial charge in [-0.3, -0.25) is 10.2 Å². The molecule has 0 atom stereocenters. The predicted molar refractivity (Wildman–Crippen MR) is 77.5 cm³/mol. The van der Waals surface area contributed by atoms with Crippen molar-refractivity contribution in [1.29, 1.82) is 0 Å². The van der Waals surface area contributed by atoms with E-state index in [-0.39, 0.29) is 18.9 Å². The highest BCUT2D eigenvalue weighted by atomic mass is 16.5. The van der Waals surface area contributed by atoms with Crippen molar-refractivity contribution in [2.75, 3.05) is 6.61 Å². The number of carbonyl (C=O) groups excluding carboxylic acids is 1. The molecule has 1 amide bonds. The number of aliphatic hydroxyl groups excluding tert-OH is 1. The molecule has 0 unspecified atom stereocenters. The first-order valence-corrected chi connectivity index (χ1v) is 6.53. The zero-order valence-corrected chi connectivity index (χ0v) is 11.5. The molecule has 1 aromatic carbocycles. The molecule has 4 N–H and O–H groups in total. The average Bonchev–Trinajstić information content (AvgIpc) is 2.54. The van der Waals surface area contributed by atoms with Crippen LogP contribution in [-0.2, 0) is 13.0 Å². The van der Waals surface area contributed by atoms with Gasteiger partial charge in [0.05, 0.1) is 5.69 Å². The molecule has 2 rings (SSSR count). The van der Waals surface area contributed by atoms with Crippen LogP contribution in [0.2, 0.25) is 0 Å². The number of nitrogens with one attached hydrogen (secondary N) is 1. The lowest BCUT2D eigenvalue weighted by atomic mass is 10.1. The van der Waals surface area contributed by atoms with Crippen LogP contribution in [0.5, 0.6) is 5.75 Å². The molecule has 0 fully saturated rings. The molecule has 6 nitrogen and oxygen atoms in total. The predicted octanol–water partition coefficient (Wildman–Crippen LogP) is 0.799. The van der Waals surface area contributed by atoms with Gasteiger partial charge in [-0.15, -0.1) is 0 Å². The number of hydrazine groups is 1. The number of nitrogens with zero attached hydrogens (tertiary/aromatic N) is 1. The number of carbonyl (C=O) groups is 1. The molecule has 0 saturated carbocycles. The summed E-state index contributed by atoms with van der Waals surface area (Å²) in [5.74, 6) is 5.33. The van der Waals surface area contributed by atoms with Crippen molar-refractivity contribution in [3.63, 3.8) is 0 Å². The summed E-state index contributed by atoms with van der Waals surface area (Å²) in [6.07, 6.45) is 0.527. The van der Waals surface area contributed by atoms with E-state index in [1.807, 2.05) is 29.7 Å². The number of aliphatic hydroxyl groups is 1. The lowest BCUT2D eigenvalue weighted by Gasteiger charge is -2.10. The number of hydrogen-bond acceptors (Lipinski definition) is 5. The zero-order valence-electron chi connectivity index (χ0n) is 11.5. The van der Waals surface area contributed by atoms with Gasteiger partial charge in [0.2, 0.25) is 0 Å². The summed E-state index contributed by atoms with van der Waals surface area (Å²) >= 11 is 0. The summed E-state index contributed by atoms with van der Waals surface area (Å²) in [6.45, 7) is 0.291. The van der Waals surface area contributed by atoms with Crippen LogP contribution in [-0.4, -0.2) is 22.6 Å². The Balaban J connectivity index is 2.08. The Morgan fingerprint density at radius 3 is 2.81 bits per heavy atom. The van der Waals surface area contributed by atoms with Crippen molar-refractivity contribution in [3.05, 3.63) is 59.4 Å². The summed E-state index contributed by atoms with van der Waals surface area (Å²) in [5.41, 5.74) is 3.82. The van der Waals surface area contributed by atoms with Gasteiger partial charge in [-0.25, -0.2) is 10.8 Å². The van der Waals surface area contributed by atoms with Crippen molar-refractivity contribution >= 4 is 5.91 Å². The number of hydrogen-bond donors (Lipinski definition) is 3. The Kier molecular flexibility index (Phi) is 5.25. The summed E-state index contributed by atoms with van der Waals surface area (Å²) in [7, 11) is 0. The minimum Gasteiger partial charge on any atom is -0.487 e. The van der Waals surface area contributed by atoms with Crippen molar-refractivity contribution in [3.8, 4) is 5.75 Å². The monoisotopic (exact) mass is 287 g/mol. The van der Waals surface area contributed by atoms with Gasteiger partial charge < -0.3 is 9.84 Å². The van der Waals surface area contributed by atoms with Crippen molar-refractivity contribution in [2.45, 2.75) is 13.0 Å². The number of aromatic nitrogens is 1. The molecule has 0 radical (unpaired) electrons. The third-order valence-corrected chi connectivity index (χ3v) is 2.90. The number of rotatable bonds is 6. The number of benzene rings is 1. The maximum atomic E-state index is 11.4. The smallest absolute Gasteiger partial charge is 0.283 e. The largest absolute Gasteiger partial charge is 0.487 e. The number of nitrogen functional groups attached to an aromatic ring is 1. The third kappa shape index (κ3) is 4.01. The molecular weight excluding hydrogens is 270 g/mol. The second-order valence-corrected chi connectivity index (χ2v) is 4.36. The molecule has 110 valence electrons. The van der Waals surface area contributed by atoms with E-state index in [1.165, 1.54) is 0 Å². The van der Waals surface area contributed by atoms with Crippen molar-refractivity contribution < 1.29 is 14.6 Å². The van der Waals surface area contributed by atoms with Gasteiger partial charge in [-0.05, 0) is 30.2 Å². The molecule has 1 aromatic heterocycles. The Morgan fingerprint density at radius 1 is 1.24 bits per heavy atom. The lowest BCUT2D eigenvalue weighted by Crippen LogP contribution is -2.30. The van der Waals surface area contributed by atoms with Crippen molar-refractivity contribution in [2.24, 2.45) is 5.84 Å². The molecule has 2 aromatic rings. The van der Waals surface area contributed by atoms with Crippen LogP contribution < -0.4 is 16.0 Å². The van der Waals surface area contributed by atoms with Crippen molar-refractivity contribution in [1.82, 2.24) is 10.4 Å². The van der Waals surface area contributed by atoms with E-state index in [4.69, 9.17) is 15.7 Å². The standard InChI is InChI=1S/C15H17N3O3/c16-18-15(20)13-6-3-5-12(17-13)10-21-14-7-2-1-4-11(14)8-9-19/h1-7,19H,8-10,16H2,(H,18,20). The molecule has 0 aliphatic heterocycles. The summed E-state index contributed by atoms with van der Waals surface area (Å²) in [6, 6.07) is 12.5. The maximum absolute atomic E-state index is 11.4. The highest BCUT2D eigenvalue weighted by molar-refractivity contribution is 5.91. The highest BCUT2D eigenvalue weighted by Crippen LogP contribution is 2.19. The van der Waals surface area contributed by atoms with Gasteiger partial charge in [0, 0.05) is 6.61 Å². The van der Waals surface area contributed by atoms with Crippen LogP contribution in [0.4, 0.5) is 0 Å². The molecular formula is C15H17N3O3. The molecule has 0 saturated heterocycles.